The fourth-order valence-electron chi connectivity index (χ4n) is 2.38. The molecule has 128 valence electrons. The molecular formula is C13H19N3O5S2. The molecule has 2 rings (SSSR count). The zero-order chi connectivity index (χ0) is 17.0. The van der Waals surface area contributed by atoms with Crippen molar-refractivity contribution in [2.24, 2.45) is 0 Å². The SMILES string of the molecule is CCOC(=O)c1csc(NC(=O)C2CCCCN2S(C)(=O)=O)n1. The molecule has 1 atom stereocenters. The molecular weight excluding hydrogens is 342 g/mol. The third-order valence-electron chi connectivity index (χ3n) is 3.40. The number of sulfonamides is 1. The highest BCUT2D eigenvalue weighted by atomic mass is 32.2. The molecule has 1 aliphatic heterocycles. The predicted molar refractivity (Wildman–Crippen MR) is 85.9 cm³/mol. The van der Waals surface area contributed by atoms with Gasteiger partial charge in [0.25, 0.3) is 0 Å². The van der Waals surface area contributed by atoms with E-state index in [4.69, 9.17) is 4.74 Å². The monoisotopic (exact) mass is 361 g/mol. The van der Waals surface area contributed by atoms with E-state index in [0.717, 1.165) is 30.4 Å². The second kappa shape index (κ2) is 7.37. The largest absolute Gasteiger partial charge is 0.461 e. The van der Waals surface area contributed by atoms with Crippen LogP contribution in [-0.2, 0) is 19.6 Å². The number of ether oxygens (including phenoxy) is 1. The number of piperidine rings is 1. The second-order valence-electron chi connectivity index (χ2n) is 5.13. The Bertz CT molecular complexity index is 686. The van der Waals surface area contributed by atoms with Crippen LogP contribution in [0.2, 0.25) is 0 Å². The number of amides is 1. The third-order valence-corrected chi connectivity index (χ3v) is 5.45. The van der Waals surface area contributed by atoms with Crippen LogP contribution in [0.25, 0.3) is 0 Å². The van der Waals surface area contributed by atoms with Crippen LogP contribution in [0.15, 0.2) is 5.38 Å². The van der Waals surface area contributed by atoms with Gasteiger partial charge in [-0.05, 0) is 19.8 Å². The topological polar surface area (TPSA) is 106 Å². The van der Waals surface area contributed by atoms with Crippen LogP contribution in [0.3, 0.4) is 0 Å². The van der Waals surface area contributed by atoms with Crippen LogP contribution in [0, 0.1) is 0 Å². The number of hydrogen-bond acceptors (Lipinski definition) is 7. The van der Waals surface area contributed by atoms with Gasteiger partial charge in [-0.1, -0.05) is 6.42 Å². The Labute approximate surface area is 138 Å². The van der Waals surface area contributed by atoms with E-state index in [1.807, 2.05) is 0 Å². The minimum Gasteiger partial charge on any atom is -0.461 e. The quantitative estimate of drug-likeness (QED) is 0.787. The van der Waals surface area contributed by atoms with Crippen LogP contribution in [0.5, 0.6) is 0 Å². The molecule has 1 aromatic rings. The van der Waals surface area contributed by atoms with Crippen LogP contribution in [0.1, 0.15) is 36.7 Å². The van der Waals surface area contributed by atoms with Crippen LogP contribution >= 0.6 is 11.3 Å². The number of nitrogens with one attached hydrogen (secondary N) is 1. The Morgan fingerprint density at radius 3 is 2.87 bits per heavy atom. The van der Waals surface area contributed by atoms with Gasteiger partial charge in [0.2, 0.25) is 15.9 Å². The lowest BCUT2D eigenvalue weighted by molar-refractivity contribution is -0.120. The normalized spacial score (nSPS) is 19.3. The number of rotatable bonds is 5. The molecule has 0 aliphatic carbocycles. The summed E-state index contributed by atoms with van der Waals surface area (Å²) in [4.78, 5) is 27.9. The van der Waals surface area contributed by atoms with Gasteiger partial charge in [0.1, 0.15) is 6.04 Å². The van der Waals surface area contributed by atoms with Crippen LogP contribution in [0.4, 0.5) is 5.13 Å². The summed E-state index contributed by atoms with van der Waals surface area (Å²) in [7, 11) is -3.45. The summed E-state index contributed by atoms with van der Waals surface area (Å²) >= 11 is 1.09. The van der Waals surface area contributed by atoms with Crippen molar-refractivity contribution in [3.05, 3.63) is 11.1 Å². The second-order valence-corrected chi connectivity index (χ2v) is 7.93. The summed E-state index contributed by atoms with van der Waals surface area (Å²) < 4.78 is 29.6. The molecule has 1 fully saturated rings. The highest BCUT2D eigenvalue weighted by Gasteiger charge is 2.34. The molecule has 10 heteroatoms. The van der Waals surface area contributed by atoms with Crippen molar-refractivity contribution < 1.29 is 22.7 Å². The number of nitrogens with zero attached hydrogens (tertiary/aromatic N) is 2. The van der Waals surface area contributed by atoms with E-state index in [9.17, 15) is 18.0 Å². The van der Waals surface area contributed by atoms with E-state index in [2.05, 4.69) is 10.3 Å². The Kier molecular flexibility index (Phi) is 5.71. The summed E-state index contributed by atoms with van der Waals surface area (Å²) in [6.07, 6.45) is 3.09. The Balaban J connectivity index is 2.07. The molecule has 1 N–H and O–H groups in total. The first kappa shape index (κ1) is 17.8. The lowest BCUT2D eigenvalue weighted by atomic mass is 10.0. The van der Waals surface area contributed by atoms with Gasteiger partial charge in [0.15, 0.2) is 10.8 Å². The fraction of sp³-hybridized carbons (Fsp3) is 0.615. The summed E-state index contributed by atoms with van der Waals surface area (Å²) in [5.41, 5.74) is 0.121. The highest BCUT2D eigenvalue weighted by Crippen LogP contribution is 2.22. The van der Waals surface area contributed by atoms with Gasteiger partial charge < -0.3 is 10.1 Å². The van der Waals surface area contributed by atoms with Gasteiger partial charge in [-0.25, -0.2) is 18.2 Å². The number of thiazole rings is 1. The highest BCUT2D eigenvalue weighted by molar-refractivity contribution is 7.88. The number of carbonyl (C=O) groups is 2. The molecule has 1 amide bonds. The van der Waals surface area contributed by atoms with Crippen LogP contribution in [-0.4, -0.2) is 55.0 Å². The van der Waals surface area contributed by atoms with Crippen molar-refractivity contribution in [2.45, 2.75) is 32.2 Å². The standard InChI is InChI=1S/C13H19N3O5S2/c1-3-21-12(18)9-8-22-13(14-9)15-11(17)10-6-4-5-7-16(10)23(2,19)20/h8,10H,3-7H2,1-2H3,(H,14,15,17). The summed E-state index contributed by atoms with van der Waals surface area (Å²) in [6, 6.07) is -0.742. The molecule has 0 radical (unpaired) electrons. The molecule has 1 aromatic heterocycles. The van der Waals surface area contributed by atoms with Crippen molar-refractivity contribution in [3.63, 3.8) is 0 Å². The molecule has 1 aliphatic rings. The van der Waals surface area contributed by atoms with Gasteiger partial charge in [-0.3, -0.25) is 4.79 Å². The lowest BCUT2D eigenvalue weighted by Crippen LogP contribution is -2.49. The molecule has 23 heavy (non-hydrogen) atoms. The van der Waals surface area contributed by atoms with Crippen molar-refractivity contribution in [2.75, 3.05) is 24.7 Å². The molecule has 0 bridgehead atoms. The molecule has 1 unspecified atom stereocenters. The zero-order valence-electron chi connectivity index (χ0n) is 12.9. The average molecular weight is 361 g/mol. The molecule has 0 spiro atoms. The van der Waals surface area contributed by atoms with E-state index in [-0.39, 0.29) is 17.4 Å². The zero-order valence-corrected chi connectivity index (χ0v) is 14.6. The van der Waals surface area contributed by atoms with Crippen molar-refractivity contribution in [3.8, 4) is 0 Å². The molecule has 0 saturated carbocycles. The maximum Gasteiger partial charge on any atom is 0.357 e. The minimum atomic E-state index is -3.45. The number of anilines is 1. The molecule has 1 saturated heterocycles. The van der Waals surface area contributed by atoms with E-state index in [1.54, 1.807) is 6.92 Å². The van der Waals surface area contributed by atoms with Gasteiger partial charge in [0, 0.05) is 11.9 Å². The van der Waals surface area contributed by atoms with E-state index in [1.165, 1.54) is 9.69 Å². The average Bonchev–Trinajstić information content (AvgIpc) is 2.95. The minimum absolute atomic E-state index is 0.121. The molecule has 8 nitrogen and oxygen atoms in total. The maximum atomic E-state index is 12.4. The van der Waals surface area contributed by atoms with Gasteiger partial charge in [-0.15, -0.1) is 11.3 Å². The first-order valence-electron chi connectivity index (χ1n) is 7.23. The van der Waals surface area contributed by atoms with Crippen molar-refractivity contribution in [1.29, 1.82) is 0 Å². The number of carbonyl (C=O) groups excluding carboxylic acids is 2. The smallest absolute Gasteiger partial charge is 0.357 e. The van der Waals surface area contributed by atoms with Crippen LogP contribution < -0.4 is 5.32 Å². The van der Waals surface area contributed by atoms with E-state index >= 15 is 0 Å². The first-order chi connectivity index (χ1) is 10.8. The summed E-state index contributed by atoms with van der Waals surface area (Å²) in [5.74, 6) is -0.987. The molecule has 2 heterocycles. The Morgan fingerprint density at radius 1 is 1.48 bits per heavy atom. The van der Waals surface area contributed by atoms with Gasteiger partial charge in [-0.2, -0.15) is 4.31 Å². The third kappa shape index (κ3) is 4.49. The predicted octanol–water partition coefficient (Wildman–Crippen LogP) is 1.07. The van der Waals surface area contributed by atoms with E-state index in [0.29, 0.717) is 13.0 Å². The Morgan fingerprint density at radius 2 is 2.22 bits per heavy atom. The summed E-state index contributed by atoms with van der Waals surface area (Å²) in [5, 5.41) is 4.32. The summed E-state index contributed by atoms with van der Waals surface area (Å²) in [6.45, 7) is 2.27. The first-order valence-corrected chi connectivity index (χ1v) is 9.96. The van der Waals surface area contributed by atoms with Crippen molar-refractivity contribution >= 4 is 38.4 Å². The molecule has 0 aromatic carbocycles. The maximum absolute atomic E-state index is 12.4. The lowest BCUT2D eigenvalue weighted by Gasteiger charge is -2.32. The number of esters is 1. The van der Waals surface area contributed by atoms with Gasteiger partial charge in [0.05, 0.1) is 12.9 Å². The van der Waals surface area contributed by atoms with Crippen molar-refractivity contribution in [1.82, 2.24) is 9.29 Å². The van der Waals surface area contributed by atoms with Gasteiger partial charge >= 0.3 is 5.97 Å². The fourth-order valence-corrected chi connectivity index (χ4v) is 4.19. The Hall–Kier alpha value is -1.52. The van der Waals surface area contributed by atoms with E-state index < -0.39 is 27.9 Å². The number of hydrogen-bond donors (Lipinski definition) is 1. The number of aromatic nitrogens is 1.